The van der Waals surface area contributed by atoms with E-state index in [1.54, 1.807) is 20.3 Å². The van der Waals surface area contributed by atoms with Crippen LogP contribution in [0.2, 0.25) is 5.02 Å². The van der Waals surface area contributed by atoms with Gasteiger partial charge in [-0.05, 0) is 65.1 Å². The third-order valence-electron chi connectivity index (χ3n) is 5.43. The van der Waals surface area contributed by atoms with Gasteiger partial charge < -0.3 is 14.6 Å². The molecule has 3 aromatic carbocycles. The van der Waals surface area contributed by atoms with E-state index in [1.807, 2.05) is 36.4 Å². The number of ether oxygens (including phenoxy) is 2. The average Bonchev–Trinajstić information content (AvgIpc) is 2.72. The van der Waals surface area contributed by atoms with Crippen molar-refractivity contribution in [3.63, 3.8) is 0 Å². The molecule has 0 bridgehead atoms. The summed E-state index contributed by atoms with van der Waals surface area (Å²) in [6, 6.07) is 19.6. The number of aromatic hydroxyl groups is 1. The molecular weight excluding hydrogens is 386 g/mol. The summed E-state index contributed by atoms with van der Waals surface area (Å²) in [5, 5.41) is 10.6. The number of phenolic OH excluding ortho intramolecular Hbond substituents is 1. The highest BCUT2D eigenvalue weighted by Crippen LogP contribution is 2.42. The van der Waals surface area contributed by atoms with Crippen molar-refractivity contribution in [3.8, 4) is 17.2 Å². The van der Waals surface area contributed by atoms with Crippen LogP contribution < -0.4 is 9.47 Å². The second kappa shape index (κ2) is 8.36. The Morgan fingerprint density at radius 1 is 1.00 bits per heavy atom. The number of fused-ring (bicyclic) bond motifs is 1. The molecule has 0 spiro atoms. The molecule has 1 N–H and O–H groups in total. The molecule has 4 rings (SSSR count). The van der Waals surface area contributed by atoms with Crippen LogP contribution in [-0.4, -0.2) is 30.8 Å². The molecule has 0 saturated heterocycles. The van der Waals surface area contributed by atoms with Gasteiger partial charge in [-0.2, -0.15) is 0 Å². The van der Waals surface area contributed by atoms with Crippen molar-refractivity contribution >= 4 is 11.6 Å². The second-order valence-electron chi connectivity index (χ2n) is 7.25. The minimum atomic E-state index is 0.0274. The Labute approximate surface area is 176 Å². The maximum atomic E-state index is 9.88. The van der Waals surface area contributed by atoms with Crippen LogP contribution in [-0.2, 0) is 13.0 Å². The van der Waals surface area contributed by atoms with Crippen LogP contribution >= 0.6 is 11.6 Å². The molecule has 29 heavy (non-hydrogen) atoms. The average molecular weight is 410 g/mol. The maximum absolute atomic E-state index is 9.88. The van der Waals surface area contributed by atoms with Gasteiger partial charge in [0.05, 0.1) is 20.3 Å². The lowest BCUT2D eigenvalue weighted by Crippen LogP contribution is -2.35. The SMILES string of the molecule is COc1cc2c(cc1OC)C(c1cccc(Cl)c1)N(Cc1cccc(O)c1)CC2. The number of halogens is 1. The van der Waals surface area contributed by atoms with Gasteiger partial charge in [0.25, 0.3) is 0 Å². The lowest BCUT2D eigenvalue weighted by atomic mass is 9.87. The molecule has 0 aromatic heterocycles. The minimum Gasteiger partial charge on any atom is -0.508 e. The molecule has 4 nitrogen and oxygen atoms in total. The highest BCUT2D eigenvalue weighted by atomic mass is 35.5. The molecule has 0 amide bonds. The van der Waals surface area contributed by atoms with Gasteiger partial charge in [0.1, 0.15) is 5.75 Å². The second-order valence-corrected chi connectivity index (χ2v) is 7.69. The first-order valence-electron chi connectivity index (χ1n) is 9.61. The van der Waals surface area contributed by atoms with Gasteiger partial charge in [-0.1, -0.05) is 35.9 Å². The van der Waals surface area contributed by atoms with E-state index in [2.05, 4.69) is 23.1 Å². The Bertz CT molecular complexity index is 1020. The molecule has 0 fully saturated rings. The van der Waals surface area contributed by atoms with Crippen LogP contribution in [0.5, 0.6) is 17.2 Å². The van der Waals surface area contributed by atoms with Crippen LogP contribution in [0.25, 0.3) is 0 Å². The zero-order chi connectivity index (χ0) is 20.4. The fraction of sp³-hybridized carbons (Fsp3) is 0.250. The van der Waals surface area contributed by atoms with Crippen molar-refractivity contribution in [1.29, 1.82) is 0 Å². The van der Waals surface area contributed by atoms with Crippen molar-refractivity contribution < 1.29 is 14.6 Å². The van der Waals surface area contributed by atoms with E-state index in [1.165, 1.54) is 11.1 Å². The molecule has 150 valence electrons. The molecule has 1 atom stereocenters. The molecule has 0 radical (unpaired) electrons. The van der Waals surface area contributed by atoms with E-state index in [-0.39, 0.29) is 11.8 Å². The number of rotatable bonds is 5. The first-order valence-corrected chi connectivity index (χ1v) is 9.99. The number of phenols is 1. The van der Waals surface area contributed by atoms with Crippen molar-refractivity contribution in [2.24, 2.45) is 0 Å². The topological polar surface area (TPSA) is 41.9 Å². The first kappa shape index (κ1) is 19.6. The summed E-state index contributed by atoms with van der Waals surface area (Å²) in [6.45, 7) is 1.61. The molecule has 1 aliphatic heterocycles. The number of hydrogen-bond donors (Lipinski definition) is 1. The van der Waals surface area contributed by atoms with Crippen LogP contribution in [0, 0.1) is 0 Å². The Balaban J connectivity index is 1.80. The predicted octanol–water partition coefficient (Wildman–Crippen LogP) is 5.21. The quantitative estimate of drug-likeness (QED) is 0.628. The summed E-state index contributed by atoms with van der Waals surface area (Å²) in [6.07, 6.45) is 0.908. The van der Waals surface area contributed by atoms with Gasteiger partial charge in [0, 0.05) is 18.1 Å². The highest BCUT2D eigenvalue weighted by molar-refractivity contribution is 6.30. The monoisotopic (exact) mass is 409 g/mol. The van der Waals surface area contributed by atoms with Gasteiger partial charge in [0.2, 0.25) is 0 Å². The van der Waals surface area contributed by atoms with Gasteiger partial charge in [-0.3, -0.25) is 4.90 Å². The van der Waals surface area contributed by atoms with Crippen LogP contribution in [0.15, 0.2) is 60.7 Å². The number of hydrogen-bond acceptors (Lipinski definition) is 4. The van der Waals surface area contributed by atoms with Gasteiger partial charge >= 0.3 is 0 Å². The minimum absolute atomic E-state index is 0.0274. The lowest BCUT2D eigenvalue weighted by Gasteiger charge is -2.38. The third kappa shape index (κ3) is 4.04. The number of nitrogens with zero attached hydrogens (tertiary/aromatic N) is 1. The van der Waals surface area contributed by atoms with Crippen molar-refractivity contribution in [1.82, 2.24) is 4.90 Å². The van der Waals surface area contributed by atoms with Gasteiger partial charge in [-0.25, -0.2) is 0 Å². The van der Waals surface area contributed by atoms with E-state index in [9.17, 15) is 5.11 Å². The van der Waals surface area contributed by atoms with Crippen molar-refractivity contribution in [2.45, 2.75) is 19.0 Å². The van der Waals surface area contributed by atoms with E-state index in [0.717, 1.165) is 42.1 Å². The highest BCUT2D eigenvalue weighted by Gasteiger charge is 2.30. The van der Waals surface area contributed by atoms with E-state index < -0.39 is 0 Å². The molecular formula is C24H24ClNO3. The summed E-state index contributed by atoms with van der Waals surface area (Å²) < 4.78 is 11.1. The molecule has 0 saturated carbocycles. The lowest BCUT2D eigenvalue weighted by molar-refractivity contribution is 0.203. The molecule has 1 aliphatic rings. The molecule has 1 heterocycles. The fourth-order valence-corrected chi connectivity index (χ4v) is 4.32. The zero-order valence-electron chi connectivity index (χ0n) is 16.6. The molecule has 1 unspecified atom stereocenters. The smallest absolute Gasteiger partial charge is 0.161 e. The summed E-state index contributed by atoms with van der Waals surface area (Å²) in [5.41, 5.74) is 4.64. The Hall–Kier alpha value is -2.69. The number of benzene rings is 3. The summed E-state index contributed by atoms with van der Waals surface area (Å²) >= 11 is 6.33. The summed E-state index contributed by atoms with van der Waals surface area (Å²) in [5.74, 6) is 1.75. The summed E-state index contributed by atoms with van der Waals surface area (Å²) in [7, 11) is 3.32. The number of methoxy groups -OCH3 is 2. The van der Waals surface area contributed by atoms with Crippen LogP contribution in [0.4, 0.5) is 0 Å². The van der Waals surface area contributed by atoms with E-state index in [4.69, 9.17) is 21.1 Å². The Kier molecular flexibility index (Phi) is 5.65. The zero-order valence-corrected chi connectivity index (χ0v) is 17.3. The third-order valence-corrected chi connectivity index (χ3v) is 5.67. The maximum Gasteiger partial charge on any atom is 0.161 e. The fourth-order valence-electron chi connectivity index (χ4n) is 4.12. The van der Waals surface area contributed by atoms with Gasteiger partial charge in [0.15, 0.2) is 11.5 Å². The van der Waals surface area contributed by atoms with Crippen molar-refractivity contribution in [3.05, 3.63) is 87.9 Å². The normalized spacial score (nSPS) is 16.3. The van der Waals surface area contributed by atoms with Crippen molar-refractivity contribution in [2.75, 3.05) is 20.8 Å². The van der Waals surface area contributed by atoms with Gasteiger partial charge in [-0.15, -0.1) is 0 Å². The summed E-state index contributed by atoms with van der Waals surface area (Å²) in [4.78, 5) is 2.41. The standard InChI is InChI=1S/C24H24ClNO3/c1-28-22-13-17-9-10-26(15-16-5-3-8-20(27)11-16)24(21(17)14-23(22)29-2)18-6-4-7-19(25)12-18/h3-8,11-14,24,27H,9-10,15H2,1-2H3. The Morgan fingerprint density at radius 2 is 1.76 bits per heavy atom. The predicted molar refractivity (Wildman–Crippen MR) is 115 cm³/mol. The molecule has 0 aliphatic carbocycles. The molecule has 5 heteroatoms. The Morgan fingerprint density at radius 3 is 2.48 bits per heavy atom. The van der Waals surface area contributed by atoms with E-state index in [0.29, 0.717) is 5.02 Å². The molecule has 3 aromatic rings. The van der Waals surface area contributed by atoms with Crippen LogP contribution in [0.3, 0.4) is 0 Å². The van der Waals surface area contributed by atoms with E-state index >= 15 is 0 Å². The largest absolute Gasteiger partial charge is 0.508 e. The first-order chi connectivity index (χ1) is 14.1. The van der Waals surface area contributed by atoms with Crippen LogP contribution in [0.1, 0.15) is 28.3 Å².